The predicted octanol–water partition coefficient (Wildman–Crippen LogP) is 1.01. The quantitative estimate of drug-likeness (QED) is 0.618. The van der Waals surface area contributed by atoms with E-state index in [0.29, 0.717) is 37.6 Å². The number of aryl methyl sites for hydroxylation is 1. The maximum atomic E-state index is 13.1. The fourth-order valence-electron chi connectivity index (χ4n) is 3.98. The van der Waals surface area contributed by atoms with Crippen molar-refractivity contribution in [3.63, 3.8) is 0 Å². The van der Waals surface area contributed by atoms with Gasteiger partial charge in [0.25, 0.3) is 0 Å². The Bertz CT molecular complexity index is 1190. The molecule has 4 rings (SSSR count). The SMILES string of the molecule is Cc1cc(N2C(=O)CCS2(=O)=O)ccc1S(=O)(=O)NCC(c1ccco1)N1CCOCC1. The first-order valence-electron chi connectivity index (χ1n) is 10.2. The molecule has 0 spiro atoms. The van der Waals surface area contributed by atoms with Gasteiger partial charge in [0.2, 0.25) is 26.0 Å². The summed E-state index contributed by atoms with van der Waals surface area (Å²) in [5.41, 5.74) is 0.483. The van der Waals surface area contributed by atoms with Gasteiger partial charge in [0.1, 0.15) is 5.76 Å². The van der Waals surface area contributed by atoms with Crippen LogP contribution in [-0.2, 0) is 29.6 Å². The lowest BCUT2D eigenvalue weighted by atomic mass is 10.2. The van der Waals surface area contributed by atoms with Crippen LogP contribution in [0.15, 0.2) is 45.9 Å². The van der Waals surface area contributed by atoms with E-state index in [4.69, 9.17) is 9.15 Å². The van der Waals surface area contributed by atoms with Crippen molar-refractivity contribution in [2.45, 2.75) is 24.3 Å². The first kappa shape index (κ1) is 22.9. The molecule has 1 aromatic carbocycles. The molecular formula is C20H25N3O7S2. The van der Waals surface area contributed by atoms with Crippen molar-refractivity contribution in [2.24, 2.45) is 0 Å². The third-order valence-corrected chi connectivity index (χ3v) is 8.86. The molecule has 1 amide bonds. The summed E-state index contributed by atoms with van der Waals surface area (Å²) in [6, 6.07) is 7.34. The molecule has 2 fully saturated rings. The molecule has 1 atom stereocenters. The Labute approximate surface area is 187 Å². The summed E-state index contributed by atoms with van der Waals surface area (Å²) in [4.78, 5) is 14.1. The molecule has 32 heavy (non-hydrogen) atoms. The number of ether oxygens (including phenoxy) is 1. The van der Waals surface area contributed by atoms with Gasteiger partial charge in [0, 0.05) is 26.1 Å². The minimum absolute atomic E-state index is 0.0190. The summed E-state index contributed by atoms with van der Waals surface area (Å²) in [7, 11) is -7.62. The van der Waals surface area contributed by atoms with Gasteiger partial charge in [-0.15, -0.1) is 0 Å². The monoisotopic (exact) mass is 483 g/mol. The van der Waals surface area contributed by atoms with E-state index in [1.165, 1.54) is 18.2 Å². The standard InChI is InChI=1S/C20H25N3O7S2/c1-15-13-16(23-20(24)6-12-31(23,25)26)4-5-19(15)32(27,28)21-14-17(18-3-2-9-30-18)22-7-10-29-11-8-22/h2-5,9,13,17,21H,6-8,10-12,14H2,1H3. The summed E-state index contributed by atoms with van der Waals surface area (Å²) in [6.45, 7) is 4.08. The summed E-state index contributed by atoms with van der Waals surface area (Å²) >= 11 is 0. The molecule has 2 aliphatic heterocycles. The Morgan fingerprint density at radius 1 is 1.19 bits per heavy atom. The van der Waals surface area contributed by atoms with Crippen molar-refractivity contribution < 1.29 is 30.8 Å². The van der Waals surface area contributed by atoms with Crippen molar-refractivity contribution in [2.75, 3.05) is 42.9 Å². The number of hydrogen-bond acceptors (Lipinski definition) is 8. The van der Waals surface area contributed by atoms with E-state index in [1.807, 2.05) is 6.07 Å². The van der Waals surface area contributed by atoms with Crippen LogP contribution in [0.1, 0.15) is 23.8 Å². The number of hydrogen-bond donors (Lipinski definition) is 1. The van der Waals surface area contributed by atoms with Crippen LogP contribution in [0, 0.1) is 6.92 Å². The van der Waals surface area contributed by atoms with E-state index >= 15 is 0 Å². The highest BCUT2D eigenvalue weighted by Crippen LogP contribution is 2.29. The first-order valence-corrected chi connectivity index (χ1v) is 13.3. The highest BCUT2D eigenvalue weighted by Gasteiger charge is 2.36. The maximum absolute atomic E-state index is 13.1. The summed E-state index contributed by atoms with van der Waals surface area (Å²) in [5, 5.41) is 0. The molecule has 3 heterocycles. The van der Waals surface area contributed by atoms with E-state index < -0.39 is 26.0 Å². The molecule has 0 saturated carbocycles. The number of nitrogens with one attached hydrogen (secondary N) is 1. The molecular weight excluding hydrogens is 458 g/mol. The Kier molecular flexibility index (Phi) is 6.41. The molecule has 2 aromatic rings. The number of carbonyl (C=O) groups excluding carboxylic acids is 1. The Hall–Kier alpha value is -2.25. The third-order valence-electron chi connectivity index (χ3n) is 5.59. The van der Waals surface area contributed by atoms with Crippen LogP contribution in [0.2, 0.25) is 0 Å². The predicted molar refractivity (Wildman–Crippen MR) is 116 cm³/mol. The third kappa shape index (κ3) is 4.59. The van der Waals surface area contributed by atoms with Crippen LogP contribution in [0.25, 0.3) is 0 Å². The zero-order valence-electron chi connectivity index (χ0n) is 17.6. The number of carbonyl (C=O) groups is 1. The molecule has 0 aliphatic carbocycles. The van der Waals surface area contributed by atoms with Crippen LogP contribution in [-0.4, -0.2) is 66.2 Å². The highest BCUT2D eigenvalue weighted by atomic mass is 32.2. The van der Waals surface area contributed by atoms with E-state index in [1.54, 1.807) is 19.3 Å². The zero-order valence-corrected chi connectivity index (χ0v) is 19.2. The van der Waals surface area contributed by atoms with Crippen LogP contribution in [0.5, 0.6) is 0 Å². The average Bonchev–Trinajstić information content (AvgIpc) is 3.36. The lowest BCUT2D eigenvalue weighted by Gasteiger charge is -2.33. The summed E-state index contributed by atoms with van der Waals surface area (Å²) in [6.07, 6.45) is 1.46. The number of sulfonamides is 2. The van der Waals surface area contributed by atoms with Gasteiger partial charge in [-0.2, -0.15) is 0 Å². The molecule has 12 heteroatoms. The van der Waals surface area contributed by atoms with Gasteiger partial charge in [-0.25, -0.2) is 25.9 Å². The van der Waals surface area contributed by atoms with Crippen molar-refractivity contribution in [1.82, 2.24) is 9.62 Å². The van der Waals surface area contributed by atoms with Gasteiger partial charge in [-0.05, 0) is 42.8 Å². The fourth-order valence-corrected chi connectivity index (χ4v) is 6.69. The average molecular weight is 484 g/mol. The number of amides is 1. The van der Waals surface area contributed by atoms with Crippen LogP contribution < -0.4 is 9.03 Å². The molecule has 0 radical (unpaired) electrons. The molecule has 174 valence electrons. The van der Waals surface area contributed by atoms with Gasteiger partial charge < -0.3 is 9.15 Å². The van der Waals surface area contributed by atoms with Gasteiger partial charge in [-0.1, -0.05) is 0 Å². The van der Waals surface area contributed by atoms with E-state index in [-0.39, 0.29) is 35.3 Å². The van der Waals surface area contributed by atoms with E-state index in [2.05, 4.69) is 9.62 Å². The molecule has 2 aliphatic rings. The lowest BCUT2D eigenvalue weighted by molar-refractivity contribution is -0.116. The van der Waals surface area contributed by atoms with Gasteiger partial charge in [0.05, 0.1) is 41.9 Å². The number of furan rings is 1. The number of benzene rings is 1. The molecule has 1 N–H and O–H groups in total. The Balaban J connectivity index is 1.54. The van der Waals surface area contributed by atoms with Gasteiger partial charge >= 0.3 is 0 Å². The number of rotatable bonds is 7. The molecule has 2 saturated heterocycles. The molecule has 10 nitrogen and oxygen atoms in total. The highest BCUT2D eigenvalue weighted by molar-refractivity contribution is 7.94. The number of anilines is 1. The van der Waals surface area contributed by atoms with Crippen molar-refractivity contribution in [1.29, 1.82) is 0 Å². The minimum atomic E-state index is -3.90. The van der Waals surface area contributed by atoms with Crippen LogP contribution in [0.4, 0.5) is 5.69 Å². The molecule has 1 aromatic heterocycles. The topological polar surface area (TPSA) is 126 Å². The van der Waals surface area contributed by atoms with Crippen LogP contribution in [0.3, 0.4) is 0 Å². The summed E-state index contributed by atoms with van der Waals surface area (Å²) < 4.78 is 64.7. The van der Waals surface area contributed by atoms with Gasteiger partial charge in [-0.3, -0.25) is 9.69 Å². The first-order chi connectivity index (χ1) is 15.2. The zero-order chi connectivity index (χ0) is 22.9. The van der Waals surface area contributed by atoms with Crippen molar-refractivity contribution >= 4 is 31.6 Å². The second-order valence-corrected chi connectivity index (χ2v) is 11.4. The molecule has 1 unspecified atom stereocenters. The van der Waals surface area contributed by atoms with E-state index in [9.17, 15) is 21.6 Å². The van der Waals surface area contributed by atoms with Crippen molar-refractivity contribution in [3.05, 3.63) is 47.9 Å². The maximum Gasteiger partial charge on any atom is 0.242 e. The Morgan fingerprint density at radius 3 is 2.53 bits per heavy atom. The smallest absolute Gasteiger partial charge is 0.242 e. The number of nitrogens with zero attached hydrogens (tertiary/aromatic N) is 2. The van der Waals surface area contributed by atoms with Gasteiger partial charge in [0.15, 0.2) is 0 Å². The lowest BCUT2D eigenvalue weighted by Crippen LogP contribution is -2.43. The normalized spacial score (nSPS) is 20.5. The molecule has 0 bridgehead atoms. The Morgan fingerprint density at radius 2 is 1.94 bits per heavy atom. The van der Waals surface area contributed by atoms with Crippen LogP contribution >= 0.6 is 0 Å². The largest absolute Gasteiger partial charge is 0.468 e. The van der Waals surface area contributed by atoms with Crippen molar-refractivity contribution in [3.8, 4) is 0 Å². The number of morpholine rings is 1. The second-order valence-electron chi connectivity index (χ2n) is 7.71. The van der Waals surface area contributed by atoms with E-state index in [0.717, 1.165) is 4.31 Å². The summed E-state index contributed by atoms with van der Waals surface area (Å²) in [5.74, 6) is -0.119. The minimum Gasteiger partial charge on any atom is -0.468 e. The fraction of sp³-hybridized carbons (Fsp3) is 0.450. The second kappa shape index (κ2) is 8.94.